The zero-order valence-corrected chi connectivity index (χ0v) is 13.4. The van der Waals surface area contributed by atoms with Crippen LogP contribution in [0, 0.1) is 0 Å². The lowest BCUT2D eigenvalue weighted by molar-refractivity contribution is -0.137. The number of carbonyl (C=O) groups is 1. The first-order valence-electron chi connectivity index (χ1n) is 7.66. The van der Waals surface area contributed by atoms with Crippen molar-refractivity contribution in [1.29, 1.82) is 0 Å². The minimum absolute atomic E-state index is 0.113. The second kappa shape index (κ2) is 6.66. The molecule has 3 rings (SSSR count). The molecule has 0 saturated carbocycles. The monoisotopic (exact) mass is 351 g/mol. The molecule has 4 nitrogen and oxygen atoms in total. The molecule has 0 aliphatic carbocycles. The molecule has 0 spiro atoms. The van der Waals surface area contributed by atoms with E-state index in [1.165, 1.54) is 12.1 Å². The molecular formula is C18H16F3NO3. The Balaban J connectivity index is 1.65. The molecule has 0 aromatic heterocycles. The highest BCUT2D eigenvalue weighted by Crippen LogP contribution is 2.33. The van der Waals surface area contributed by atoms with Crippen molar-refractivity contribution in [2.24, 2.45) is 0 Å². The summed E-state index contributed by atoms with van der Waals surface area (Å²) in [4.78, 5) is 12.2. The first-order chi connectivity index (χ1) is 11.9. The predicted molar refractivity (Wildman–Crippen MR) is 84.9 cm³/mol. The van der Waals surface area contributed by atoms with E-state index in [9.17, 15) is 18.0 Å². The smallest absolute Gasteiger partial charge is 0.417 e. The Kier molecular flexibility index (Phi) is 4.57. The van der Waals surface area contributed by atoms with E-state index in [1.807, 2.05) is 6.07 Å². The number of hydrogen-bond donors (Lipinski definition) is 1. The van der Waals surface area contributed by atoms with E-state index in [2.05, 4.69) is 5.32 Å². The number of hydrogen-bond acceptors (Lipinski definition) is 3. The topological polar surface area (TPSA) is 47.6 Å². The van der Waals surface area contributed by atoms with E-state index < -0.39 is 23.2 Å². The average Bonchev–Trinajstić information content (AvgIpc) is 3.00. The van der Waals surface area contributed by atoms with Gasteiger partial charge in [-0.25, -0.2) is 0 Å². The highest BCUT2D eigenvalue weighted by Gasteiger charge is 2.35. The first-order valence-corrected chi connectivity index (χ1v) is 7.66. The quantitative estimate of drug-likeness (QED) is 0.918. The summed E-state index contributed by atoms with van der Waals surface area (Å²) in [6.07, 6.45) is -4.36. The van der Waals surface area contributed by atoms with Gasteiger partial charge in [0.05, 0.1) is 24.8 Å². The summed E-state index contributed by atoms with van der Waals surface area (Å²) in [6, 6.07) is 10.1. The maximum atomic E-state index is 13.0. The minimum atomic E-state index is -4.58. The largest absolute Gasteiger partial charge is 0.497 e. The Hall–Kier alpha value is -2.70. The number of carbonyl (C=O) groups excluding carboxylic acids is 1. The van der Waals surface area contributed by atoms with Gasteiger partial charge in [-0.1, -0.05) is 12.1 Å². The van der Waals surface area contributed by atoms with Crippen molar-refractivity contribution in [1.82, 2.24) is 5.32 Å². The average molecular weight is 351 g/mol. The maximum Gasteiger partial charge on any atom is 0.417 e. The van der Waals surface area contributed by atoms with Crippen molar-refractivity contribution in [3.05, 3.63) is 59.2 Å². The molecule has 0 fully saturated rings. The van der Waals surface area contributed by atoms with Crippen LogP contribution in [0.5, 0.6) is 11.5 Å². The molecule has 0 bridgehead atoms. The molecule has 1 aliphatic heterocycles. The summed E-state index contributed by atoms with van der Waals surface area (Å²) in [5.41, 5.74) is -0.408. The zero-order chi connectivity index (χ0) is 18.0. The number of alkyl halides is 3. The van der Waals surface area contributed by atoms with E-state index in [-0.39, 0.29) is 12.6 Å². The third-order valence-electron chi connectivity index (χ3n) is 3.98. The van der Waals surface area contributed by atoms with Crippen LogP contribution in [0.4, 0.5) is 13.2 Å². The molecule has 132 valence electrons. The van der Waals surface area contributed by atoms with Crippen LogP contribution in [0.2, 0.25) is 0 Å². The molecule has 1 N–H and O–H groups in total. The van der Waals surface area contributed by atoms with E-state index >= 15 is 0 Å². The summed E-state index contributed by atoms with van der Waals surface area (Å²) in [6.45, 7) is 0.113. The molecule has 0 unspecified atom stereocenters. The third kappa shape index (κ3) is 3.70. The summed E-state index contributed by atoms with van der Waals surface area (Å²) < 4.78 is 49.8. The molecule has 1 amide bonds. The van der Waals surface area contributed by atoms with Gasteiger partial charge in [0, 0.05) is 12.0 Å². The number of nitrogens with one attached hydrogen (secondary N) is 1. The molecule has 25 heavy (non-hydrogen) atoms. The number of fused-ring (bicyclic) bond motifs is 1. The van der Waals surface area contributed by atoms with Crippen molar-refractivity contribution in [2.75, 3.05) is 13.7 Å². The van der Waals surface area contributed by atoms with Gasteiger partial charge < -0.3 is 14.8 Å². The Morgan fingerprint density at radius 3 is 2.76 bits per heavy atom. The Morgan fingerprint density at radius 1 is 1.28 bits per heavy atom. The number of amides is 1. The normalized spacial score (nSPS) is 16.1. The van der Waals surface area contributed by atoms with Crippen LogP contribution in [0.3, 0.4) is 0 Å². The lowest BCUT2D eigenvalue weighted by Gasteiger charge is -2.15. The van der Waals surface area contributed by atoms with E-state index in [0.29, 0.717) is 17.9 Å². The fraction of sp³-hybridized carbons (Fsp3) is 0.278. The number of rotatable bonds is 4. The lowest BCUT2D eigenvalue weighted by atomic mass is 10.1. The van der Waals surface area contributed by atoms with Gasteiger partial charge in [0.2, 0.25) is 0 Å². The van der Waals surface area contributed by atoms with Crippen LogP contribution in [0.1, 0.15) is 21.5 Å². The van der Waals surface area contributed by atoms with Crippen LogP contribution < -0.4 is 14.8 Å². The number of benzene rings is 2. The Morgan fingerprint density at radius 2 is 2.04 bits per heavy atom. The van der Waals surface area contributed by atoms with E-state index in [4.69, 9.17) is 9.47 Å². The van der Waals surface area contributed by atoms with Crippen molar-refractivity contribution >= 4 is 5.91 Å². The molecule has 0 saturated heterocycles. The van der Waals surface area contributed by atoms with Gasteiger partial charge in [0.25, 0.3) is 5.91 Å². The van der Waals surface area contributed by atoms with Crippen LogP contribution in [-0.2, 0) is 12.6 Å². The highest BCUT2D eigenvalue weighted by molar-refractivity contribution is 5.95. The van der Waals surface area contributed by atoms with Crippen LogP contribution in [-0.4, -0.2) is 25.7 Å². The molecule has 0 radical (unpaired) electrons. The van der Waals surface area contributed by atoms with Crippen molar-refractivity contribution < 1.29 is 27.4 Å². The molecule has 7 heteroatoms. The summed E-state index contributed by atoms with van der Waals surface area (Å²) >= 11 is 0. The lowest BCUT2D eigenvalue weighted by Crippen LogP contribution is -2.35. The second-order valence-corrected chi connectivity index (χ2v) is 5.67. The van der Waals surface area contributed by atoms with Crippen LogP contribution in [0.25, 0.3) is 0 Å². The number of methoxy groups -OCH3 is 1. The van der Waals surface area contributed by atoms with E-state index in [1.54, 1.807) is 19.2 Å². The molecular weight excluding hydrogens is 335 g/mol. The molecule has 2 aromatic carbocycles. The maximum absolute atomic E-state index is 13.0. The predicted octanol–water partition coefficient (Wildman–Crippen LogP) is 3.45. The van der Waals surface area contributed by atoms with Gasteiger partial charge in [0.15, 0.2) is 0 Å². The standard InChI is InChI=1S/C18H16F3NO3/c1-24-12-6-7-16-11(8-12)9-13(25-16)10-22-17(23)14-4-2-3-5-15(14)18(19,20)21/h2-8,13H,9-10H2,1H3,(H,22,23)/t13-/m0/s1. The van der Waals surface area contributed by atoms with Gasteiger partial charge in [-0.15, -0.1) is 0 Å². The SMILES string of the molecule is COc1ccc2c(c1)C[C@@H](CNC(=O)c1ccccc1C(F)(F)F)O2. The van der Waals surface area contributed by atoms with Crippen LogP contribution >= 0.6 is 0 Å². The molecule has 1 heterocycles. The third-order valence-corrected chi connectivity index (χ3v) is 3.98. The number of ether oxygens (including phenoxy) is 2. The van der Waals surface area contributed by atoms with Crippen molar-refractivity contribution in [3.8, 4) is 11.5 Å². The van der Waals surface area contributed by atoms with Gasteiger partial charge in [-0.3, -0.25) is 4.79 Å². The van der Waals surface area contributed by atoms with Gasteiger partial charge >= 0.3 is 6.18 Å². The number of halogens is 3. The molecule has 1 aliphatic rings. The minimum Gasteiger partial charge on any atom is -0.497 e. The van der Waals surface area contributed by atoms with Crippen LogP contribution in [0.15, 0.2) is 42.5 Å². The fourth-order valence-electron chi connectivity index (χ4n) is 2.77. The molecule has 2 aromatic rings. The summed E-state index contributed by atoms with van der Waals surface area (Å²) in [5, 5.41) is 2.52. The fourth-order valence-corrected chi connectivity index (χ4v) is 2.77. The van der Waals surface area contributed by atoms with E-state index in [0.717, 1.165) is 17.7 Å². The Labute approximate surface area is 142 Å². The zero-order valence-electron chi connectivity index (χ0n) is 13.4. The molecule has 1 atom stereocenters. The van der Waals surface area contributed by atoms with Gasteiger partial charge in [0.1, 0.15) is 17.6 Å². The van der Waals surface area contributed by atoms with Gasteiger partial charge in [-0.2, -0.15) is 13.2 Å². The summed E-state index contributed by atoms with van der Waals surface area (Å²) in [5.74, 6) is 0.618. The highest BCUT2D eigenvalue weighted by atomic mass is 19.4. The van der Waals surface area contributed by atoms with Gasteiger partial charge in [-0.05, 0) is 30.3 Å². The Bertz CT molecular complexity index is 789. The summed E-state index contributed by atoms with van der Waals surface area (Å²) in [7, 11) is 1.56. The second-order valence-electron chi connectivity index (χ2n) is 5.67. The first kappa shape index (κ1) is 17.1. The van der Waals surface area contributed by atoms with Crippen molar-refractivity contribution in [3.63, 3.8) is 0 Å². The van der Waals surface area contributed by atoms with Crippen molar-refractivity contribution in [2.45, 2.75) is 18.7 Å².